The first-order chi connectivity index (χ1) is 14.7. The number of rotatable bonds is 7. The number of carbonyl (C=O) groups is 2. The Labute approximate surface area is 181 Å². The fourth-order valence-corrected chi connectivity index (χ4v) is 3.53. The lowest BCUT2D eigenvalue weighted by Gasteiger charge is -2.26. The number of carbonyl (C=O) groups excluding carboxylic acids is 2. The molecule has 0 unspecified atom stereocenters. The highest BCUT2D eigenvalue weighted by atomic mass is 19.1. The van der Waals surface area contributed by atoms with Crippen LogP contribution in [0.25, 0.3) is 5.76 Å². The van der Waals surface area contributed by atoms with Crippen molar-refractivity contribution in [3.8, 4) is 5.75 Å². The van der Waals surface area contributed by atoms with E-state index in [0.29, 0.717) is 23.4 Å². The summed E-state index contributed by atoms with van der Waals surface area (Å²) in [5, 5.41) is 11.0. The van der Waals surface area contributed by atoms with Crippen molar-refractivity contribution >= 4 is 17.4 Å². The van der Waals surface area contributed by atoms with E-state index in [1.165, 1.54) is 29.2 Å². The van der Waals surface area contributed by atoms with Gasteiger partial charge in [-0.15, -0.1) is 0 Å². The number of Topliss-reactive ketones (excluding diaryl/α,β-unsaturated/α-hetero) is 1. The number of aliphatic hydroxyl groups is 1. The average Bonchev–Trinajstić information content (AvgIpc) is 2.97. The van der Waals surface area contributed by atoms with Crippen LogP contribution in [0.3, 0.4) is 0 Å². The third-order valence-electron chi connectivity index (χ3n) is 5.01. The Morgan fingerprint density at radius 3 is 2.26 bits per heavy atom. The molecule has 7 heteroatoms. The van der Waals surface area contributed by atoms with Crippen molar-refractivity contribution in [3.63, 3.8) is 0 Å². The molecule has 2 aromatic carbocycles. The Hall–Kier alpha value is -3.19. The van der Waals surface area contributed by atoms with Crippen LogP contribution in [0.4, 0.5) is 4.39 Å². The summed E-state index contributed by atoms with van der Waals surface area (Å²) >= 11 is 0. The topological polar surface area (TPSA) is 70.1 Å². The molecule has 31 heavy (non-hydrogen) atoms. The fraction of sp³-hybridized carbons (Fsp3) is 0.333. The zero-order valence-electron chi connectivity index (χ0n) is 18.1. The van der Waals surface area contributed by atoms with E-state index >= 15 is 0 Å². The minimum absolute atomic E-state index is 0.0000514. The molecule has 1 atom stereocenters. The van der Waals surface area contributed by atoms with Crippen LogP contribution in [-0.2, 0) is 9.59 Å². The van der Waals surface area contributed by atoms with Gasteiger partial charge in [-0.3, -0.25) is 9.59 Å². The van der Waals surface area contributed by atoms with Gasteiger partial charge >= 0.3 is 0 Å². The largest absolute Gasteiger partial charge is 0.507 e. The van der Waals surface area contributed by atoms with Crippen LogP contribution in [0.1, 0.15) is 31.0 Å². The SMILES string of the molecule is CC(C)Oc1ccc(C(O)=C2C(=O)C(=O)N(CCN(C)C)[C@H]2c2ccc(F)cc2)cc1. The summed E-state index contributed by atoms with van der Waals surface area (Å²) in [6.45, 7) is 4.64. The normalized spacial score (nSPS) is 18.3. The van der Waals surface area contributed by atoms with Crippen LogP contribution >= 0.6 is 0 Å². The molecule has 0 bridgehead atoms. The van der Waals surface area contributed by atoms with Crippen LogP contribution < -0.4 is 4.74 Å². The number of aliphatic hydroxyl groups excluding tert-OH is 1. The van der Waals surface area contributed by atoms with Crippen molar-refractivity contribution in [1.82, 2.24) is 9.80 Å². The molecule has 1 saturated heterocycles. The molecular formula is C24H27FN2O4. The molecular weight excluding hydrogens is 399 g/mol. The first-order valence-corrected chi connectivity index (χ1v) is 10.1. The van der Waals surface area contributed by atoms with Gasteiger partial charge < -0.3 is 19.6 Å². The molecule has 1 aliphatic rings. The number of hydrogen-bond acceptors (Lipinski definition) is 5. The summed E-state index contributed by atoms with van der Waals surface area (Å²) in [4.78, 5) is 29.1. The van der Waals surface area contributed by atoms with E-state index in [-0.39, 0.29) is 24.0 Å². The maximum Gasteiger partial charge on any atom is 0.295 e. The van der Waals surface area contributed by atoms with Crippen LogP contribution in [0, 0.1) is 5.82 Å². The number of ketones is 1. The molecule has 0 saturated carbocycles. The molecule has 1 N–H and O–H groups in total. The maximum atomic E-state index is 13.5. The molecule has 1 aliphatic heterocycles. The van der Waals surface area contributed by atoms with Gasteiger partial charge in [0, 0.05) is 18.7 Å². The first-order valence-electron chi connectivity index (χ1n) is 10.1. The molecule has 0 aliphatic carbocycles. The summed E-state index contributed by atoms with van der Waals surface area (Å²) in [5.41, 5.74) is 0.947. The van der Waals surface area contributed by atoms with Gasteiger partial charge in [-0.1, -0.05) is 12.1 Å². The second-order valence-electron chi connectivity index (χ2n) is 8.04. The second-order valence-corrected chi connectivity index (χ2v) is 8.04. The average molecular weight is 426 g/mol. The molecule has 3 rings (SSSR count). The van der Waals surface area contributed by atoms with Gasteiger partial charge in [0.25, 0.3) is 11.7 Å². The van der Waals surface area contributed by atoms with E-state index in [2.05, 4.69) is 0 Å². The smallest absolute Gasteiger partial charge is 0.295 e. The highest BCUT2D eigenvalue weighted by Gasteiger charge is 2.45. The minimum atomic E-state index is -0.799. The second kappa shape index (κ2) is 9.31. The number of hydrogen-bond donors (Lipinski definition) is 1. The van der Waals surface area contributed by atoms with Crippen molar-refractivity contribution in [3.05, 3.63) is 71.0 Å². The fourth-order valence-electron chi connectivity index (χ4n) is 3.53. The summed E-state index contributed by atoms with van der Waals surface area (Å²) in [6, 6.07) is 11.5. The number of amides is 1. The van der Waals surface area contributed by atoms with Crippen molar-refractivity contribution < 1.29 is 23.8 Å². The van der Waals surface area contributed by atoms with Gasteiger partial charge in [-0.2, -0.15) is 0 Å². The van der Waals surface area contributed by atoms with E-state index in [1.54, 1.807) is 24.3 Å². The molecule has 1 amide bonds. The number of halogens is 1. The number of ether oxygens (including phenoxy) is 1. The zero-order valence-corrected chi connectivity index (χ0v) is 18.1. The standard InChI is InChI=1S/C24H27FN2O4/c1-15(2)31-19-11-7-17(8-12-19)22(28)20-21(16-5-9-18(25)10-6-16)27(14-13-26(3)4)24(30)23(20)29/h5-12,15,21,28H,13-14H2,1-4H3/t21-/m0/s1. The third kappa shape index (κ3) is 4.94. The first kappa shape index (κ1) is 22.5. The predicted molar refractivity (Wildman–Crippen MR) is 116 cm³/mol. The Morgan fingerprint density at radius 1 is 1.10 bits per heavy atom. The molecule has 164 valence electrons. The number of nitrogens with zero attached hydrogens (tertiary/aromatic N) is 2. The summed E-state index contributed by atoms with van der Waals surface area (Å²) in [7, 11) is 3.73. The van der Waals surface area contributed by atoms with Gasteiger partial charge in [0.2, 0.25) is 0 Å². The molecule has 0 radical (unpaired) electrons. The molecule has 2 aromatic rings. The third-order valence-corrected chi connectivity index (χ3v) is 5.01. The van der Waals surface area contributed by atoms with E-state index in [9.17, 15) is 19.1 Å². The van der Waals surface area contributed by atoms with Gasteiger partial charge in [0.1, 0.15) is 17.3 Å². The maximum absolute atomic E-state index is 13.5. The lowest BCUT2D eigenvalue weighted by Crippen LogP contribution is -2.35. The van der Waals surface area contributed by atoms with E-state index < -0.39 is 23.5 Å². The van der Waals surface area contributed by atoms with Crippen LogP contribution in [-0.4, -0.2) is 59.9 Å². The highest BCUT2D eigenvalue weighted by molar-refractivity contribution is 6.46. The Balaban J connectivity index is 2.06. The quantitative estimate of drug-likeness (QED) is 0.416. The molecule has 0 aromatic heterocycles. The molecule has 0 spiro atoms. The molecule has 1 heterocycles. The lowest BCUT2D eigenvalue weighted by atomic mass is 9.95. The van der Waals surface area contributed by atoms with Crippen molar-refractivity contribution in [2.75, 3.05) is 27.2 Å². The van der Waals surface area contributed by atoms with Gasteiger partial charge in [-0.25, -0.2) is 4.39 Å². The van der Waals surface area contributed by atoms with Gasteiger partial charge in [-0.05, 0) is 69.9 Å². The van der Waals surface area contributed by atoms with E-state index in [4.69, 9.17) is 4.74 Å². The predicted octanol–water partition coefficient (Wildman–Crippen LogP) is 3.60. The van der Waals surface area contributed by atoms with E-state index in [1.807, 2.05) is 32.8 Å². The number of likely N-dealkylation sites (N-methyl/N-ethyl adjacent to an activating group) is 1. The Morgan fingerprint density at radius 2 is 1.71 bits per heavy atom. The zero-order chi connectivity index (χ0) is 22.7. The van der Waals surface area contributed by atoms with Crippen molar-refractivity contribution in [1.29, 1.82) is 0 Å². The summed E-state index contributed by atoms with van der Waals surface area (Å²) < 4.78 is 19.1. The monoisotopic (exact) mass is 426 g/mol. The Bertz CT molecular complexity index is 982. The van der Waals surface area contributed by atoms with Crippen molar-refractivity contribution in [2.45, 2.75) is 26.0 Å². The lowest BCUT2D eigenvalue weighted by molar-refractivity contribution is -0.140. The molecule has 1 fully saturated rings. The van der Waals surface area contributed by atoms with Crippen LogP contribution in [0.2, 0.25) is 0 Å². The van der Waals surface area contributed by atoms with Crippen molar-refractivity contribution in [2.24, 2.45) is 0 Å². The van der Waals surface area contributed by atoms with Gasteiger partial charge in [0.05, 0.1) is 17.7 Å². The molecule has 6 nitrogen and oxygen atoms in total. The van der Waals surface area contributed by atoms with E-state index in [0.717, 1.165) is 0 Å². The number of benzene rings is 2. The van der Waals surface area contributed by atoms with Crippen LogP contribution in [0.5, 0.6) is 5.75 Å². The summed E-state index contributed by atoms with van der Waals surface area (Å²) in [6.07, 6.45) is -0.0000514. The highest BCUT2D eigenvalue weighted by Crippen LogP contribution is 2.39. The van der Waals surface area contributed by atoms with Gasteiger partial charge in [0.15, 0.2) is 0 Å². The minimum Gasteiger partial charge on any atom is -0.507 e. The van der Waals surface area contributed by atoms with Crippen LogP contribution in [0.15, 0.2) is 54.1 Å². The summed E-state index contributed by atoms with van der Waals surface area (Å²) in [5.74, 6) is -1.50. The number of likely N-dealkylation sites (tertiary alicyclic amines) is 1. The Kier molecular flexibility index (Phi) is 6.75.